The SMILES string of the molecule is CCC(OC(C)=O)C(F)(F)S(=O)(=O)O. The Labute approximate surface area is 79.8 Å². The molecule has 0 aromatic heterocycles. The summed E-state index contributed by atoms with van der Waals surface area (Å²) in [7, 11) is -5.57. The van der Waals surface area contributed by atoms with Crippen LogP contribution < -0.4 is 0 Å². The van der Waals surface area contributed by atoms with Crippen molar-refractivity contribution >= 4 is 16.1 Å². The van der Waals surface area contributed by atoms with Crippen molar-refractivity contribution in [3.05, 3.63) is 0 Å². The number of carbonyl (C=O) groups excluding carboxylic acids is 1. The molecule has 0 saturated carbocycles. The molecule has 0 amide bonds. The zero-order chi connectivity index (χ0) is 11.6. The summed E-state index contributed by atoms with van der Waals surface area (Å²) in [6.45, 7) is 2.06. The monoisotopic (exact) mass is 232 g/mol. The fraction of sp³-hybridized carbons (Fsp3) is 0.833. The average Bonchev–Trinajstić information content (AvgIpc) is 1.97. The molecule has 8 heteroatoms. The van der Waals surface area contributed by atoms with Crippen LogP contribution in [0.25, 0.3) is 0 Å². The molecule has 1 N–H and O–H groups in total. The highest BCUT2D eigenvalue weighted by Crippen LogP contribution is 2.29. The number of alkyl halides is 2. The molecule has 0 aliphatic heterocycles. The molecule has 0 fully saturated rings. The summed E-state index contributed by atoms with van der Waals surface area (Å²) in [6.07, 6.45) is -2.60. The predicted octanol–water partition coefficient (Wildman–Crippen LogP) is 0.809. The van der Waals surface area contributed by atoms with Crippen LogP contribution in [-0.4, -0.2) is 30.3 Å². The topological polar surface area (TPSA) is 80.7 Å². The van der Waals surface area contributed by atoms with Gasteiger partial charge in [-0.15, -0.1) is 0 Å². The molecule has 0 bridgehead atoms. The number of ether oxygens (including phenoxy) is 1. The molecular weight excluding hydrogens is 222 g/mol. The molecule has 0 radical (unpaired) electrons. The normalized spacial score (nSPS) is 14.9. The molecule has 0 aromatic carbocycles. The Morgan fingerprint density at radius 2 is 2.00 bits per heavy atom. The van der Waals surface area contributed by atoms with Crippen LogP contribution in [0.1, 0.15) is 20.3 Å². The third kappa shape index (κ3) is 2.88. The lowest BCUT2D eigenvalue weighted by Gasteiger charge is -2.22. The van der Waals surface area contributed by atoms with E-state index in [9.17, 15) is 22.0 Å². The van der Waals surface area contributed by atoms with Gasteiger partial charge in [0.25, 0.3) is 0 Å². The smallest absolute Gasteiger partial charge is 0.405 e. The van der Waals surface area contributed by atoms with Crippen molar-refractivity contribution in [2.24, 2.45) is 0 Å². The fourth-order valence-corrected chi connectivity index (χ4v) is 1.30. The summed E-state index contributed by atoms with van der Waals surface area (Å²) in [5.74, 6) is -1.04. The average molecular weight is 232 g/mol. The van der Waals surface area contributed by atoms with Crippen molar-refractivity contribution in [3.63, 3.8) is 0 Å². The molecule has 0 spiro atoms. The van der Waals surface area contributed by atoms with Gasteiger partial charge in [-0.3, -0.25) is 9.35 Å². The first-order valence-corrected chi connectivity index (χ1v) is 5.09. The van der Waals surface area contributed by atoms with Gasteiger partial charge in [-0.25, -0.2) is 0 Å². The van der Waals surface area contributed by atoms with Crippen molar-refractivity contribution in [2.45, 2.75) is 31.6 Å². The maximum Gasteiger partial charge on any atom is 0.405 e. The molecule has 0 aliphatic carbocycles. The van der Waals surface area contributed by atoms with E-state index in [2.05, 4.69) is 4.74 Å². The number of halogens is 2. The molecular formula is C6H10F2O5S. The largest absolute Gasteiger partial charge is 0.455 e. The van der Waals surface area contributed by atoms with Crippen molar-refractivity contribution in [2.75, 3.05) is 0 Å². The molecule has 0 saturated heterocycles. The Balaban J connectivity index is 4.93. The van der Waals surface area contributed by atoms with Crippen LogP contribution in [0, 0.1) is 0 Å². The zero-order valence-electron chi connectivity index (χ0n) is 7.53. The first kappa shape index (κ1) is 13.2. The van der Waals surface area contributed by atoms with E-state index in [1.807, 2.05) is 0 Å². The van der Waals surface area contributed by atoms with Gasteiger partial charge in [0.15, 0.2) is 6.10 Å². The van der Waals surface area contributed by atoms with E-state index in [1.54, 1.807) is 0 Å². The Morgan fingerprint density at radius 1 is 1.57 bits per heavy atom. The summed E-state index contributed by atoms with van der Waals surface area (Å²) in [5, 5.41) is -4.48. The van der Waals surface area contributed by atoms with E-state index < -0.39 is 33.9 Å². The minimum atomic E-state index is -5.57. The third-order valence-electron chi connectivity index (χ3n) is 1.40. The van der Waals surface area contributed by atoms with E-state index in [1.165, 1.54) is 6.92 Å². The van der Waals surface area contributed by atoms with Gasteiger partial charge in [-0.2, -0.15) is 17.2 Å². The first-order valence-electron chi connectivity index (χ1n) is 3.65. The number of carbonyl (C=O) groups is 1. The van der Waals surface area contributed by atoms with Gasteiger partial charge < -0.3 is 4.74 Å². The van der Waals surface area contributed by atoms with Crippen LogP contribution >= 0.6 is 0 Å². The van der Waals surface area contributed by atoms with E-state index in [0.29, 0.717) is 0 Å². The van der Waals surface area contributed by atoms with Crippen molar-refractivity contribution < 1.29 is 31.3 Å². The van der Waals surface area contributed by atoms with Crippen molar-refractivity contribution in [3.8, 4) is 0 Å². The summed E-state index contributed by atoms with van der Waals surface area (Å²) in [4.78, 5) is 10.4. The summed E-state index contributed by atoms with van der Waals surface area (Å²) >= 11 is 0. The van der Waals surface area contributed by atoms with Crippen molar-refractivity contribution in [1.29, 1.82) is 0 Å². The van der Waals surface area contributed by atoms with Gasteiger partial charge in [0.2, 0.25) is 0 Å². The lowest BCUT2D eigenvalue weighted by atomic mass is 10.3. The fourth-order valence-electron chi connectivity index (χ4n) is 0.756. The van der Waals surface area contributed by atoms with E-state index in [4.69, 9.17) is 4.55 Å². The van der Waals surface area contributed by atoms with Crippen LogP contribution in [0.4, 0.5) is 8.78 Å². The highest BCUT2D eigenvalue weighted by atomic mass is 32.2. The molecule has 0 aromatic rings. The molecule has 0 rings (SSSR count). The lowest BCUT2D eigenvalue weighted by molar-refractivity contribution is -0.159. The Bertz CT molecular complexity index is 310. The molecule has 1 atom stereocenters. The molecule has 0 heterocycles. The zero-order valence-corrected chi connectivity index (χ0v) is 8.35. The van der Waals surface area contributed by atoms with Gasteiger partial charge in [0.1, 0.15) is 0 Å². The predicted molar refractivity (Wildman–Crippen MR) is 42.3 cm³/mol. The van der Waals surface area contributed by atoms with E-state index >= 15 is 0 Å². The second-order valence-corrected chi connectivity index (χ2v) is 4.04. The van der Waals surface area contributed by atoms with Gasteiger partial charge in [0.05, 0.1) is 0 Å². The summed E-state index contributed by atoms with van der Waals surface area (Å²) in [5.41, 5.74) is 0. The highest BCUT2D eigenvalue weighted by molar-refractivity contribution is 7.86. The van der Waals surface area contributed by atoms with E-state index in [0.717, 1.165) is 6.92 Å². The highest BCUT2D eigenvalue weighted by Gasteiger charge is 2.53. The minimum Gasteiger partial charge on any atom is -0.455 e. The van der Waals surface area contributed by atoms with Gasteiger partial charge in [0, 0.05) is 6.92 Å². The molecule has 0 aliphatic rings. The third-order valence-corrected chi connectivity index (χ3v) is 2.35. The standard InChI is InChI=1S/C6H10F2O5S/c1-3-5(13-4(2)9)6(7,8)14(10,11)12/h5H,3H2,1-2H3,(H,10,11,12). The van der Waals surface area contributed by atoms with Crippen LogP contribution in [0.2, 0.25) is 0 Å². The molecule has 84 valence electrons. The number of hydrogen-bond donors (Lipinski definition) is 1. The van der Waals surface area contributed by atoms with Crippen molar-refractivity contribution in [1.82, 2.24) is 0 Å². The minimum absolute atomic E-state index is 0.424. The summed E-state index contributed by atoms with van der Waals surface area (Å²) < 4.78 is 58.4. The quantitative estimate of drug-likeness (QED) is 0.573. The maximum absolute atomic E-state index is 12.8. The van der Waals surface area contributed by atoms with Gasteiger partial charge in [-0.1, -0.05) is 6.92 Å². The molecule has 5 nitrogen and oxygen atoms in total. The second kappa shape index (κ2) is 4.18. The number of rotatable bonds is 4. The van der Waals surface area contributed by atoms with Crippen LogP contribution in [0.5, 0.6) is 0 Å². The van der Waals surface area contributed by atoms with Gasteiger partial charge in [-0.05, 0) is 6.42 Å². The van der Waals surface area contributed by atoms with Crippen LogP contribution in [0.15, 0.2) is 0 Å². The Morgan fingerprint density at radius 3 is 2.21 bits per heavy atom. The lowest BCUT2D eigenvalue weighted by Crippen LogP contribution is -2.43. The number of esters is 1. The molecule has 14 heavy (non-hydrogen) atoms. The second-order valence-electron chi connectivity index (χ2n) is 2.54. The first-order chi connectivity index (χ1) is 6.13. The molecule has 1 unspecified atom stereocenters. The van der Waals surface area contributed by atoms with Crippen LogP contribution in [0.3, 0.4) is 0 Å². The summed E-state index contributed by atoms with van der Waals surface area (Å²) in [6, 6.07) is 0. The Hall–Kier alpha value is -0.760. The maximum atomic E-state index is 12.8. The van der Waals surface area contributed by atoms with E-state index in [-0.39, 0.29) is 0 Å². The Kier molecular flexibility index (Phi) is 3.95. The van der Waals surface area contributed by atoms with Crippen LogP contribution in [-0.2, 0) is 19.6 Å². The number of hydrogen-bond acceptors (Lipinski definition) is 4. The van der Waals surface area contributed by atoms with Gasteiger partial charge >= 0.3 is 21.3 Å².